The molecule has 0 bridgehead atoms. The predicted octanol–water partition coefficient (Wildman–Crippen LogP) is 1.94. The van der Waals surface area contributed by atoms with Gasteiger partial charge < -0.3 is 9.69 Å². The Kier molecular flexibility index (Phi) is 5.99. The minimum atomic E-state index is 0.537. The molecule has 0 saturated heterocycles. The van der Waals surface area contributed by atoms with E-state index in [0.717, 1.165) is 19.3 Å². The molecule has 0 spiro atoms. The van der Waals surface area contributed by atoms with Gasteiger partial charge in [0.25, 0.3) is 0 Å². The standard InChI is InChI=1S/C10H21NO/c1-5-10(6-7-12)8-11(4)9(2)3/h7,9-10H,5-6,8H2,1-4H3. The van der Waals surface area contributed by atoms with Crippen molar-refractivity contribution in [2.24, 2.45) is 5.92 Å². The van der Waals surface area contributed by atoms with E-state index in [4.69, 9.17) is 0 Å². The summed E-state index contributed by atoms with van der Waals surface area (Å²) in [5, 5.41) is 0. The number of nitrogens with zero attached hydrogens (tertiary/aromatic N) is 1. The molecular weight excluding hydrogens is 150 g/mol. The van der Waals surface area contributed by atoms with E-state index in [1.165, 1.54) is 0 Å². The zero-order chi connectivity index (χ0) is 9.56. The lowest BCUT2D eigenvalue weighted by atomic mass is 10.0. The zero-order valence-corrected chi connectivity index (χ0v) is 8.71. The first-order chi connectivity index (χ1) is 5.61. The van der Waals surface area contributed by atoms with Gasteiger partial charge in [-0.25, -0.2) is 0 Å². The molecule has 2 nitrogen and oxygen atoms in total. The summed E-state index contributed by atoms with van der Waals surface area (Å²) in [6, 6.07) is 0.575. The first-order valence-electron chi connectivity index (χ1n) is 4.75. The van der Waals surface area contributed by atoms with E-state index in [9.17, 15) is 4.79 Å². The molecule has 12 heavy (non-hydrogen) atoms. The summed E-state index contributed by atoms with van der Waals surface area (Å²) in [6.07, 6.45) is 2.83. The molecule has 0 aromatic rings. The number of carbonyl (C=O) groups excluding carboxylic acids is 1. The lowest BCUT2D eigenvalue weighted by Gasteiger charge is -2.25. The molecule has 0 aliphatic rings. The lowest BCUT2D eigenvalue weighted by Crippen LogP contribution is -2.31. The smallest absolute Gasteiger partial charge is 0.120 e. The van der Waals surface area contributed by atoms with Crippen molar-refractivity contribution >= 4 is 6.29 Å². The van der Waals surface area contributed by atoms with Crippen LogP contribution in [0, 0.1) is 5.92 Å². The van der Waals surface area contributed by atoms with Crippen LogP contribution in [-0.4, -0.2) is 30.8 Å². The fourth-order valence-corrected chi connectivity index (χ4v) is 1.12. The molecule has 0 N–H and O–H groups in total. The van der Waals surface area contributed by atoms with Crippen molar-refractivity contribution in [2.45, 2.75) is 39.7 Å². The van der Waals surface area contributed by atoms with Gasteiger partial charge in [0.05, 0.1) is 0 Å². The Bertz CT molecular complexity index is 123. The van der Waals surface area contributed by atoms with Gasteiger partial charge in [0.2, 0.25) is 0 Å². The molecule has 2 heteroatoms. The van der Waals surface area contributed by atoms with Crippen molar-refractivity contribution in [3.63, 3.8) is 0 Å². The van der Waals surface area contributed by atoms with Crippen LogP contribution in [0.25, 0.3) is 0 Å². The molecule has 1 atom stereocenters. The summed E-state index contributed by atoms with van der Waals surface area (Å²) in [6.45, 7) is 7.52. The summed E-state index contributed by atoms with van der Waals surface area (Å²) < 4.78 is 0. The van der Waals surface area contributed by atoms with Crippen LogP contribution >= 0.6 is 0 Å². The summed E-state index contributed by atoms with van der Waals surface area (Å²) in [4.78, 5) is 12.6. The van der Waals surface area contributed by atoms with Gasteiger partial charge >= 0.3 is 0 Å². The second-order valence-corrected chi connectivity index (χ2v) is 3.71. The maximum atomic E-state index is 10.3. The summed E-state index contributed by atoms with van der Waals surface area (Å²) in [7, 11) is 2.11. The number of hydrogen-bond donors (Lipinski definition) is 0. The quantitative estimate of drug-likeness (QED) is 0.569. The average molecular weight is 171 g/mol. The molecule has 72 valence electrons. The van der Waals surface area contributed by atoms with Gasteiger partial charge in [-0.2, -0.15) is 0 Å². The van der Waals surface area contributed by atoms with Crippen LogP contribution in [0.15, 0.2) is 0 Å². The first-order valence-corrected chi connectivity index (χ1v) is 4.75. The minimum absolute atomic E-state index is 0.537. The Morgan fingerprint density at radius 1 is 1.42 bits per heavy atom. The zero-order valence-electron chi connectivity index (χ0n) is 8.71. The maximum absolute atomic E-state index is 10.3. The van der Waals surface area contributed by atoms with E-state index in [1.54, 1.807) is 0 Å². The highest BCUT2D eigenvalue weighted by atomic mass is 16.1. The molecule has 0 aromatic carbocycles. The third kappa shape index (κ3) is 4.50. The molecule has 0 heterocycles. The Morgan fingerprint density at radius 2 is 2.00 bits per heavy atom. The predicted molar refractivity (Wildman–Crippen MR) is 52.2 cm³/mol. The van der Waals surface area contributed by atoms with Gasteiger partial charge in [-0.05, 0) is 26.8 Å². The van der Waals surface area contributed by atoms with E-state index in [0.29, 0.717) is 18.4 Å². The summed E-state index contributed by atoms with van der Waals surface area (Å²) in [5.74, 6) is 0.537. The Hall–Kier alpha value is -0.370. The third-order valence-electron chi connectivity index (χ3n) is 2.43. The van der Waals surface area contributed by atoms with E-state index in [2.05, 4.69) is 32.7 Å². The van der Waals surface area contributed by atoms with Crippen LogP contribution in [0.2, 0.25) is 0 Å². The fraction of sp³-hybridized carbons (Fsp3) is 0.900. The SMILES string of the molecule is CCC(CC=O)CN(C)C(C)C. The summed E-state index contributed by atoms with van der Waals surface area (Å²) in [5.41, 5.74) is 0. The van der Waals surface area contributed by atoms with E-state index >= 15 is 0 Å². The molecule has 0 aliphatic carbocycles. The second kappa shape index (κ2) is 6.18. The molecule has 0 fully saturated rings. The molecule has 1 unspecified atom stereocenters. The highest BCUT2D eigenvalue weighted by Crippen LogP contribution is 2.09. The number of carbonyl (C=O) groups is 1. The van der Waals surface area contributed by atoms with E-state index in [-0.39, 0.29) is 0 Å². The molecule has 0 saturated carbocycles. The third-order valence-corrected chi connectivity index (χ3v) is 2.43. The van der Waals surface area contributed by atoms with Gasteiger partial charge in [0.15, 0.2) is 0 Å². The average Bonchev–Trinajstić information content (AvgIpc) is 2.03. The van der Waals surface area contributed by atoms with Crippen molar-refractivity contribution in [1.29, 1.82) is 0 Å². The van der Waals surface area contributed by atoms with Crippen molar-refractivity contribution < 1.29 is 4.79 Å². The highest BCUT2D eigenvalue weighted by molar-refractivity contribution is 5.49. The lowest BCUT2D eigenvalue weighted by molar-refractivity contribution is -0.108. The van der Waals surface area contributed by atoms with Crippen LogP contribution in [-0.2, 0) is 4.79 Å². The van der Waals surface area contributed by atoms with Gasteiger partial charge in [-0.1, -0.05) is 13.3 Å². The van der Waals surface area contributed by atoms with Crippen LogP contribution in [0.3, 0.4) is 0 Å². The Balaban J connectivity index is 3.75. The van der Waals surface area contributed by atoms with Crippen molar-refractivity contribution in [1.82, 2.24) is 4.90 Å². The van der Waals surface area contributed by atoms with Gasteiger partial charge in [0.1, 0.15) is 6.29 Å². The fourth-order valence-electron chi connectivity index (χ4n) is 1.12. The molecule has 0 aliphatic heterocycles. The monoisotopic (exact) mass is 171 g/mol. The normalized spacial score (nSPS) is 13.8. The van der Waals surface area contributed by atoms with Gasteiger partial charge in [0, 0.05) is 19.0 Å². The van der Waals surface area contributed by atoms with Crippen molar-refractivity contribution in [3.05, 3.63) is 0 Å². The molecule has 0 aromatic heterocycles. The van der Waals surface area contributed by atoms with Crippen LogP contribution in [0.4, 0.5) is 0 Å². The van der Waals surface area contributed by atoms with Crippen molar-refractivity contribution in [2.75, 3.05) is 13.6 Å². The molecule has 0 radical (unpaired) electrons. The van der Waals surface area contributed by atoms with Crippen LogP contribution in [0.5, 0.6) is 0 Å². The molecular formula is C10H21NO. The number of rotatable bonds is 6. The minimum Gasteiger partial charge on any atom is -0.304 e. The van der Waals surface area contributed by atoms with Crippen molar-refractivity contribution in [3.8, 4) is 0 Å². The highest BCUT2D eigenvalue weighted by Gasteiger charge is 2.10. The number of hydrogen-bond acceptors (Lipinski definition) is 2. The molecule has 0 rings (SSSR count). The Labute approximate surface area is 75.9 Å². The Morgan fingerprint density at radius 3 is 2.33 bits per heavy atom. The first kappa shape index (κ1) is 11.6. The molecule has 0 amide bonds. The van der Waals surface area contributed by atoms with Gasteiger partial charge in [-0.3, -0.25) is 0 Å². The van der Waals surface area contributed by atoms with Crippen LogP contribution in [0.1, 0.15) is 33.6 Å². The van der Waals surface area contributed by atoms with E-state index in [1.807, 2.05) is 0 Å². The van der Waals surface area contributed by atoms with E-state index < -0.39 is 0 Å². The second-order valence-electron chi connectivity index (χ2n) is 3.71. The largest absolute Gasteiger partial charge is 0.304 e. The number of aldehydes is 1. The maximum Gasteiger partial charge on any atom is 0.120 e. The van der Waals surface area contributed by atoms with Crippen LogP contribution < -0.4 is 0 Å². The summed E-state index contributed by atoms with van der Waals surface area (Å²) >= 11 is 0. The van der Waals surface area contributed by atoms with Gasteiger partial charge in [-0.15, -0.1) is 0 Å². The topological polar surface area (TPSA) is 20.3 Å².